The molecule has 1 aromatic carbocycles. The summed E-state index contributed by atoms with van der Waals surface area (Å²) in [6.07, 6.45) is 0. The Bertz CT molecular complexity index is 580. The van der Waals surface area contributed by atoms with E-state index in [0.29, 0.717) is 5.82 Å². The molecule has 104 valence electrons. The van der Waals surface area contributed by atoms with Gasteiger partial charge in [-0.3, -0.25) is 4.79 Å². The molecule has 2 aromatic rings. The van der Waals surface area contributed by atoms with Crippen molar-refractivity contribution < 1.29 is 4.79 Å². The zero-order chi connectivity index (χ0) is 14.5. The van der Waals surface area contributed by atoms with Crippen LogP contribution in [0.2, 0.25) is 0 Å². The quantitative estimate of drug-likeness (QED) is 0.778. The number of carbonyl (C=O) groups excluding carboxylic acids is 1. The van der Waals surface area contributed by atoms with E-state index in [4.69, 9.17) is 5.73 Å². The number of nitrogen functional groups attached to an aromatic ring is 1. The summed E-state index contributed by atoms with van der Waals surface area (Å²) >= 11 is 0. The molecule has 1 atom stereocenters. The maximum atomic E-state index is 12.0. The Morgan fingerprint density at radius 1 is 1.25 bits per heavy atom. The summed E-state index contributed by atoms with van der Waals surface area (Å²) in [5, 5.41) is 5.72. The first-order valence-electron chi connectivity index (χ1n) is 6.24. The van der Waals surface area contributed by atoms with Crippen LogP contribution in [-0.4, -0.2) is 22.9 Å². The third-order valence-corrected chi connectivity index (χ3v) is 2.81. The second-order valence-electron chi connectivity index (χ2n) is 4.36. The van der Waals surface area contributed by atoms with Gasteiger partial charge < -0.3 is 16.4 Å². The van der Waals surface area contributed by atoms with Gasteiger partial charge in [0.2, 0.25) is 11.9 Å². The number of aromatic nitrogens is 2. The molecule has 0 radical (unpaired) electrons. The van der Waals surface area contributed by atoms with Crippen molar-refractivity contribution in [2.45, 2.75) is 13.0 Å². The molecule has 1 heterocycles. The van der Waals surface area contributed by atoms with E-state index in [1.54, 1.807) is 13.1 Å². The molecule has 0 bridgehead atoms. The van der Waals surface area contributed by atoms with Crippen molar-refractivity contribution in [2.24, 2.45) is 0 Å². The minimum absolute atomic E-state index is 0.147. The molecule has 2 rings (SSSR count). The molecule has 0 aliphatic heterocycles. The largest absolute Gasteiger partial charge is 0.368 e. The fourth-order valence-electron chi connectivity index (χ4n) is 1.90. The van der Waals surface area contributed by atoms with Gasteiger partial charge in [0.05, 0.1) is 0 Å². The molecule has 6 nitrogen and oxygen atoms in total. The van der Waals surface area contributed by atoms with E-state index < -0.39 is 6.04 Å². The highest BCUT2D eigenvalue weighted by molar-refractivity contribution is 5.85. The lowest BCUT2D eigenvalue weighted by Gasteiger charge is -2.18. The summed E-state index contributed by atoms with van der Waals surface area (Å²) in [6, 6.07) is 10.6. The van der Waals surface area contributed by atoms with Gasteiger partial charge in [0.25, 0.3) is 0 Å². The van der Waals surface area contributed by atoms with Gasteiger partial charge >= 0.3 is 0 Å². The first kappa shape index (κ1) is 13.8. The van der Waals surface area contributed by atoms with E-state index in [0.717, 1.165) is 11.3 Å². The van der Waals surface area contributed by atoms with Gasteiger partial charge in [-0.15, -0.1) is 0 Å². The molecular weight excluding hydrogens is 254 g/mol. The Kier molecular flexibility index (Phi) is 4.14. The standard InChI is InChI=1S/C14H17N5O/c1-9-8-11(19-14(15)17-9)18-12(13(20)16-2)10-6-4-3-5-7-10/h3-8,12H,1-2H3,(H,16,20)(H3,15,17,18,19). The molecule has 1 amide bonds. The number of likely N-dealkylation sites (N-methyl/N-ethyl adjacent to an activating group) is 1. The van der Waals surface area contributed by atoms with Crippen molar-refractivity contribution in [3.63, 3.8) is 0 Å². The van der Waals surface area contributed by atoms with Crippen LogP contribution in [0.15, 0.2) is 36.4 Å². The van der Waals surface area contributed by atoms with Crippen LogP contribution >= 0.6 is 0 Å². The number of hydrogen-bond acceptors (Lipinski definition) is 5. The number of hydrogen-bond donors (Lipinski definition) is 3. The van der Waals surface area contributed by atoms with E-state index in [1.165, 1.54) is 0 Å². The lowest BCUT2D eigenvalue weighted by Crippen LogP contribution is -2.31. The molecular formula is C14H17N5O. The number of aryl methyl sites for hydroxylation is 1. The minimum atomic E-state index is -0.533. The lowest BCUT2D eigenvalue weighted by molar-refractivity contribution is -0.121. The highest BCUT2D eigenvalue weighted by atomic mass is 16.2. The molecule has 0 aliphatic carbocycles. The normalized spacial score (nSPS) is 11.7. The van der Waals surface area contributed by atoms with Gasteiger partial charge in [-0.2, -0.15) is 4.98 Å². The Morgan fingerprint density at radius 3 is 2.55 bits per heavy atom. The summed E-state index contributed by atoms with van der Waals surface area (Å²) < 4.78 is 0. The maximum Gasteiger partial charge on any atom is 0.246 e. The zero-order valence-corrected chi connectivity index (χ0v) is 11.4. The first-order valence-corrected chi connectivity index (χ1v) is 6.24. The summed E-state index contributed by atoms with van der Waals surface area (Å²) in [5.41, 5.74) is 7.21. The Labute approximate surface area is 117 Å². The molecule has 0 fully saturated rings. The van der Waals surface area contributed by atoms with Crippen molar-refractivity contribution in [2.75, 3.05) is 18.1 Å². The van der Waals surface area contributed by atoms with Crippen LogP contribution in [0.4, 0.5) is 11.8 Å². The van der Waals surface area contributed by atoms with Gasteiger partial charge in [-0.1, -0.05) is 30.3 Å². The second-order valence-corrected chi connectivity index (χ2v) is 4.36. The summed E-state index contributed by atoms with van der Waals surface area (Å²) in [5.74, 6) is 0.551. The van der Waals surface area contributed by atoms with Crippen LogP contribution in [0.3, 0.4) is 0 Å². The predicted molar refractivity (Wildman–Crippen MR) is 78.1 cm³/mol. The van der Waals surface area contributed by atoms with E-state index in [-0.39, 0.29) is 11.9 Å². The number of nitrogens with two attached hydrogens (primary N) is 1. The van der Waals surface area contributed by atoms with Crippen molar-refractivity contribution in [3.8, 4) is 0 Å². The summed E-state index contributed by atoms with van der Waals surface area (Å²) in [6.45, 7) is 1.82. The van der Waals surface area contributed by atoms with Crippen LogP contribution in [0.5, 0.6) is 0 Å². The molecule has 20 heavy (non-hydrogen) atoms. The summed E-state index contributed by atoms with van der Waals surface area (Å²) in [4.78, 5) is 20.1. The van der Waals surface area contributed by atoms with Crippen molar-refractivity contribution in [1.82, 2.24) is 15.3 Å². The van der Waals surface area contributed by atoms with Crippen LogP contribution < -0.4 is 16.4 Å². The molecule has 1 unspecified atom stereocenters. The van der Waals surface area contributed by atoms with E-state index in [1.807, 2.05) is 37.3 Å². The average molecular weight is 271 g/mol. The first-order chi connectivity index (χ1) is 9.60. The summed E-state index contributed by atoms with van der Waals surface area (Å²) in [7, 11) is 1.60. The van der Waals surface area contributed by atoms with E-state index in [2.05, 4.69) is 20.6 Å². The third-order valence-electron chi connectivity index (χ3n) is 2.81. The number of nitrogens with one attached hydrogen (secondary N) is 2. The topological polar surface area (TPSA) is 92.9 Å². The highest BCUT2D eigenvalue weighted by Gasteiger charge is 2.19. The molecule has 4 N–H and O–H groups in total. The van der Waals surface area contributed by atoms with Gasteiger partial charge in [0, 0.05) is 18.8 Å². The number of carbonyl (C=O) groups is 1. The number of rotatable bonds is 4. The van der Waals surface area contributed by atoms with Crippen molar-refractivity contribution >= 4 is 17.7 Å². The fourth-order valence-corrected chi connectivity index (χ4v) is 1.90. The van der Waals surface area contributed by atoms with E-state index >= 15 is 0 Å². The third kappa shape index (κ3) is 3.23. The number of anilines is 2. The van der Waals surface area contributed by atoms with Gasteiger partial charge in [0.15, 0.2) is 0 Å². The van der Waals surface area contributed by atoms with E-state index in [9.17, 15) is 4.79 Å². The Balaban J connectivity index is 2.31. The minimum Gasteiger partial charge on any atom is -0.368 e. The Morgan fingerprint density at radius 2 is 1.95 bits per heavy atom. The van der Waals surface area contributed by atoms with Gasteiger partial charge in [0.1, 0.15) is 11.9 Å². The Hall–Kier alpha value is -2.63. The molecule has 0 spiro atoms. The molecule has 1 aromatic heterocycles. The maximum absolute atomic E-state index is 12.0. The molecule has 0 saturated carbocycles. The SMILES string of the molecule is CNC(=O)C(Nc1cc(C)nc(N)n1)c1ccccc1. The lowest BCUT2D eigenvalue weighted by atomic mass is 10.1. The fraction of sp³-hybridized carbons (Fsp3) is 0.214. The highest BCUT2D eigenvalue weighted by Crippen LogP contribution is 2.19. The van der Waals surface area contributed by atoms with Crippen LogP contribution in [-0.2, 0) is 4.79 Å². The average Bonchev–Trinajstić information content (AvgIpc) is 2.44. The predicted octanol–water partition coefficient (Wildman–Crippen LogP) is 1.27. The zero-order valence-electron chi connectivity index (χ0n) is 11.4. The molecule has 0 aliphatic rings. The van der Waals surface area contributed by atoms with Crippen LogP contribution in [0, 0.1) is 6.92 Å². The van der Waals surface area contributed by atoms with Crippen LogP contribution in [0.1, 0.15) is 17.3 Å². The van der Waals surface area contributed by atoms with Gasteiger partial charge in [-0.05, 0) is 12.5 Å². The molecule has 6 heteroatoms. The van der Waals surface area contributed by atoms with Crippen molar-refractivity contribution in [1.29, 1.82) is 0 Å². The van der Waals surface area contributed by atoms with Crippen molar-refractivity contribution in [3.05, 3.63) is 47.7 Å². The van der Waals surface area contributed by atoms with Crippen LogP contribution in [0.25, 0.3) is 0 Å². The number of amides is 1. The number of benzene rings is 1. The molecule has 0 saturated heterocycles. The second kappa shape index (κ2) is 6.01. The van der Waals surface area contributed by atoms with Gasteiger partial charge in [-0.25, -0.2) is 4.98 Å². The monoisotopic (exact) mass is 271 g/mol. The number of nitrogens with zero attached hydrogens (tertiary/aromatic N) is 2. The smallest absolute Gasteiger partial charge is 0.246 e.